The standard InChI is InChI=1S/C23H24N4O4S/c1-16-6-9-19(10-7-16)31-22-11-8-18(14-24-22)25-23(28)27-13-12-20-17(15-27)4-3-5-21(20)26-32(2,29)30/h3-11,14,26H,12-13,15H2,1-2H3,(H,25,28). The average Bonchev–Trinajstić information content (AvgIpc) is 2.75. The normalized spacial score (nSPS) is 13.2. The predicted molar refractivity (Wildman–Crippen MR) is 124 cm³/mol. The van der Waals surface area contributed by atoms with Gasteiger partial charge in [0.05, 0.1) is 23.8 Å². The van der Waals surface area contributed by atoms with Gasteiger partial charge in [-0.3, -0.25) is 4.72 Å². The van der Waals surface area contributed by atoms with Crippen molar-refractivity contribution in [3.05, 3.63) is 77.5 Å². The predicted octanol–water partition coefficient (Wildman–Crippen LogP) is 4.14. The van der Waals surface area contributed by atoms with Crippen LogP contribution in [-0.4, -0.2) is 37.1 Å². The summed E-state index contributed by atoms with van der Waals surface area (Å²) >= 11 is 0. The maximum absolute atomic E-state index is 12.7. The highest BCUT2D eigenvalue weighted by Crippen LogP contribution is 2.27. The summed E-state index contributed by atoms with van der Waals surface area (Å²) in [6.07, 6.45) is 3.23. The fourth-order valence-corrected chi connectivity index (χ4v) is 4.11. The number of ether oxygens (including phenoxy) is 1. The second-order valence-corrected chi connectivity index (χ2v) is 9.47. The molecule has 0 saturated heterocycles. The Labute approximate surface area is 187 Å². The number of fused-ring (bicyclic) bond motifs is 1. The first kappa shape index (κ1) is 21.6. The van der Waals surface area contributed by atoms with E-state index in [2.05, 4.69) is 15.0 Å². The minimum Gasteiger partial charge on any atom is -0.439 e. The molecule has 166 valence electrons. The molecule has 0 unspecified atom stereocenters. The van der Waals surface area contributed by atoms with Crippen LogP contribution in [0.4, 0.5) is 16.2 Å². The number of nitrogens with one attached hydrogen (secondary N) is 2. The van der Waals surface area contributed by atoms with E-state index in [1.54, 1.807) is 35.4 Å². The summed E-state index contributed by atoms with van der Waals surface area (Å²) in [5.74, 6) is 1.13. The highest BCUT2D eigenvalue weighted by molar-refractivity contribution is 7.92. The zero-order valence-electron chi connectivity index (χ0n) is 17.8. The zero-order chi connectivity index (χ0) is 22.7. The first-order valence-electron chi connectivity index (χ1n) is 10.1. The molecular formula is C23H24N4O4S. The molecule has 0 bridgehead atoms. The third-order valence-corrected chi connectivity index (χ3v) is 5.67. The van der Waals surface area contributed by atoms with Gasteiger partial charge in [0.15, 0.2) is 0 Å². The van der Waals surface area contributed by atoms with E-state index in [-0.39, 0.29) is 6.03 Å². The average molecular weight is 453 g/mol. The Kier molecular flexibility index (Phi) is 6.00. The number of carbonyl (C=O) groups is 1. The molecule has 0 saturated carbocycles. The van der Waals surface area contributed by atoms with Crippen LogP contribution in [0.25, 0.3) is 0 Å². The van der Waals surface area contributed by atoms with Gasteiger partial charge in [-0.15, -0.1) is 0 Å². The summed E-state index contributed by atoms with van der Waals surface area (Å²) in [6.45, 7) is 2.87. The third kappa shape index (κ3) is 5.36. The molecule has 0 fully saturated rings. The summed E-state index contributed by atoms with van der Waals surface area (Å²) in [5, 5.41) is 2.85. The van der Waals surface area contributed by atoms with E-state index in [0.29, 0.717) is 42.5 Å². The number of pyridine rings is 1. The van der Waals surface area contributed by atoms with Crippen LogP contribution in [0.3, 0.4) is 0 Å². The third-order valence-electron chi connectivity index (χ3n) is 5.08. The van der Waals surface area contributed by atoms with Crippen LogP contribution in [0, 0.1) is 6.92 Å². The molecule has 8 nitrogen and oxygen atoms in total. The number of carbonyl (C=O) groups excluding carboxylic acids is 1. The molecule has 1 aromatic heterocycles. The molecule has 0 spiro atoms. The monoisotopic (exact) mass is 452 g/mol. The lowest BCUT2D eigenvalue weighted by Crippen LogP contribution is -2.39. The molecule has 2 aromatic carbocycles. The van der Waals surface area contributed by atoms with E-state index in [4.69, 9.17) is 4.74 Å². The Hall–Kier alpha value is -3.59. The quantitative estimate of drug-likeness (QED) is 0.606. The fourth-order valence-electron chi connectivity index (χ4n) is 3.52. The molecule has 2 heterocycles. The van der Waals surface area contributed by atoms with Crippen molar-refractivity contribution in [2.45, 2.75) is 19.9 Å². The van der Waals surface area contributed by atoms with Gasteiger partial charge in [-0.1, -0.05) is 29.8 Å². The van der Waals surface area contributed by atoms with Crippen molar-refractivity contribution in [1.82, 2.24) is 9.88 Å². The number of anilines is 2. The maximum Gasteiger partial charge on any atom is 0.322 e. The maximum atomic E-state index is 12.7. The van der Waals surface area contributed by atoms with E-state index in [9.17, 15) is 13.2 Å². The summed E-state index contributed by atoms with van der Waals surface area (Å²) in [4.78, 5) is 18.7. The van der Waals surface area contributed by atoms with Crippen molar-refractivity contribution in [3.8, 4) is 11.6 Å². The van der Waals surface area contributed by atoms with Crippen molar-refractivity contribution < 1.29 is 17.9 Å². The smallest absolute Gasteiger partial charge is 0.322 e. The lowest BCUT2D eigenvalue weighted by molar-refractivity contribution is 0.206. The van der Waals surface area contributed by atoms with Crippen LogP contribution in [-0.2, 0) is 23.0 Å². The largest absolute Gasteiger partial charge is 0.439 e. The van der Waals surface area contributed by atoms with E-state index < -0.39 is 10.0 Å². The lowest BCUT2D eigenvalue weighted by Gasteiger charge is -2.30. The van der Waals surface area contributed by atoms with E-state index in [0.717, 1.165) is 22.9 Å². The number of rotatable bonds is 5. The van der Waals surface area contributed by atoms with Crippen molar-refractivity contribution in [2.24, 2.45) is 0 Å². The fraction of sp³-hybridized carbons (Fsp3) is 0.217. The number of urea groups is 1. The minimum atomic E-state index is -3.37. The number of sulfonamides is 1. The van der Waals surface area contributed by atoms with Gasteiger partial charge in [-0.25, -0.2) is 18.2 Å². The van der Waals surface area contributed by atoms with Gasteiger partial charge in [-0.2, -0.15) is 0 Å². The van der Waals surface area contributed by atoms with Crippen molar-refractivity contribution in [1.29, 1.82) is 0 Å². The van der Waals surface area contributed by atoms with Crippen LogP contribution in [0.15, 0.2) is 60.8 Å². The second kappa shape index (κ2) is 8.88. The molecule has 3 aromatic rings. The molecule has 32 heavy (non-hydrogen) atoms. The topological polar surface area (TPSA) is 101 Å². The number of hydrogen-bond donors (Lipinski definition) is 2. The Balaban J connectivity index is 1.38. The van der Waals surface area contributed by atoms with Gasteiger partial charge < -0.3 is 15.0 Å². The van der Waals surface area contributed by atoms with Gasteiger partial charge in [0.2, 0.25) is 15.9 Å². The van der Waals surface area contributed by atoms with Crippen molar-refractivity contribution in [2.75, 3.05) is 22.8 Å². The van der Waals surface area contributed by atoms with Gasteiger partial charge in [0, 0.05) is 19.2 Å². The zero-order valence-corrected chi connectivity index (χ0v) is 18.6. The molecule has 9 heteroatoms. The minimum absolute atomic E-state index is 0.244. The Morgan fingerprint density at radius 2 is 1.88 bits per heavy atom. The van der Waals surface area contributed by atoms with Gasteiger partial charge in [0.25, 0.3) is 0 Å². The summed E-state index contributed by atoms with van der Waals surface area (Å²) < 4.78 is 31.5. The van der Waals surface area contributed by atoms with E-state index >= 15 is 0 Å². The molecular weight excluding hydrogens is 428 g/mol. The number of aryl methyl sites for hydroxylation is 1. The highest BCUT2D eigenvalue weighted by Gasteiger charge is 2.23. The molecule has 2 amide bonds. The Morgan fingerprint density at radius 1 is 1.09 bits per heavy atom. The molecule has 4 rings (SSSR count). The molecule has 2 N–H and O–H groups in total. The number of benzene rings is 2. The van der Waals surface area contributed by atoms with Crippen LogP contribution in [0.5, 0.6) is 11.6 Å². The van der Waals surface area contributed by atoms with Crippen LogP contribution in [0.1, 0.15) is 16.7 Å². The van der Waals surface area contributed by atoms with Crippen molar-refractivity contribution >= 4 is 27.4 Å². The van der Waals surface area contributed by atoms with E-state index in [1.165, 1.54) is 0 Å². The van der Waals surface area contributed by atoms with Crippen LogP contribution >= 0.6 is 0 Å². The molecule has 0 aliphatic carbocycles. The first-order chi connectivity index (χ1) is 15.3. The molecule has 0 radical (unpaired) electrons. The van der Waals surface area contributed by atoms with Gasteiger partial charge in [-0.05, 0) is 48.7 Å². The summed E-state index contributed by atoms with van der Waals surface area (Å²) in [7, 11) is -3.37. The van der Waals surface area contributed by atoms with Crippen molar-refractivity contribution in [3.63, 3.8) is 0 Å². The molecule has 1 aliphatic heterocycles. The first-order valence-corrected chi connectivity index (χ1v) is 12.0. The Bertz CT molecular complexity index is 1230. The number of aromatic nitrogens is 1. The van der Waals surface area contributed by atoms with Gasteiger partial charge >= 0.3 is 6.03 Å². The highest BCUT2D eigenvalue weighted by atomic mass is 32.2. The Morgan fingerprint density at radius 3 is 2.56 bits per heavy atom. The van der Waals surface area contributed by atoms with E-state index in [1.807, 2.05) is 37.3 Å². The van der Waals surface area contributed by atoms with Crippen LogP contribution in [0.2, 0.25) is 0 Å². The molecule has 0 atom stereocenters. The van der Waals surface area contributed by atoms with Crippen LogP contribution < -0.4 is 14.8 Å². The second-order valence-electron chi connectivity index (χ2n) is 7.72. The number of amides is 2. The summed E-state index contributed by atoms with van der Waals surface area (Å²) in [5.41, 5.74) is 4.11. The lowest BCUT2D eigenvalue weighted by atomic mass is 9.98. The number of nitrogens with zero attached hydrogens (tertiary/aromatic N) is 2. The molecule has 1 aliphatic rings. The number of hydrogen-bond acceptors (Lipinski definition) is 5. The van der Waals surface area contributed by atoms with Gasteiger partial charge in [0.1, 0.15) is 5.75 Å². The SMILES string of the molecule is Cc1ccc(Oc2ccc(NC(=O)N3CCc4c(cccc4NS(C)(=O)=O)C3)cn2)cc1. The summed E-state index contributed by atoms with van der Waals surface area (Å²) in [6, 6.07) is 16.3.